The third-order valence-electron chi connectivity index (χ3n) is 4.53. The van der Waals surface area contributed by atoms with Crippen molar-refractivity contribution in [3.05, 3.63) is 60.2 Å². The van der Waals surface area contributed by atoms with Crippen LogP contribution in [0, 0.1) is 0 Å². The number of anilines is 1. The summed E-state index contributed by atoms with van der Waals surface area (Å²) in [5, 5.41) is 12.1. The van der Waals surface area contributed by atoms with Gasteiger partial charge < -0.3 is 14.8 Å². The van der Waals surface area contributed by atoms with Crippen molar-refractivity contribution in [2.45, 2.75) is 24.8 Å². The van der Waals surface area contributed by atoms with Crippen LogP contribution in [0.1, 0.15) is 25.3 Å². The molecule has 156 valence electrons. The molecule has 0 fully saturated rings. The third-order valence-corrected chi connectivity index (χ3v) is 5.45. The Morgan fingerprint density at radius 3 is 2.30 bits per heavy atom. The molecular formula is C23H25N3O3S. The van der Waals surface area contributed by atoms with Crippen LogP contribution in [-0.2, 0) is 4.79 Å². The van der Waals surface area contributed by atoms with Crippen LogP contribution in [0.15, 0.2) is 59.6 Å². The molecule has 0 bridgehead atoms. The van der Waals surface area contributed by atoms with Gasteiger partial charge in [0.05, 0.1) is 25.7 Å². The van der Waals surface area contributed by atoms with Crippen LogP contribution in [0.4, 0.5) is 5.69 Å². The highest BCUT2D eigenvalue weighted by Gasteiger charge is 2.09. The summed E-state index contributed by atoms with van der Waals surface area (Å²) in [6, 6.07) is 17.2. The number of nitrogens with one attached hydrogen (secondary N) is 1. The van der Waals surface area contributed by atoms with Crippen LogP contribution in [0.25, 0.3) is 11.3 Å². The van der Waals surface area contributed by atoms with Gasteiger partial charge in [0.25, 0.3) is 0 Å². The maximum absolute atomic E-state index is 12.2. The smallest absolute Gasteiger partial charge is 0.234 e. The summed E-state index contributed by atoms with van der Waals surface area (Å²) >= 11 is 1.34. The van der Waals surface area contributed by atoms with Crippen molar-refractivity contribution in [2.75, 3.05) is 25.3 Å². The molecule has 0 aliphatic heterocycles. The molecule has 0 saturated carbocycles. The van der Waals surface area contributed by atoms with Gasteiger partial charge >= 0.3 is 0 Å². The molecule has 3 rings (SSSR count). The van der Waals surface area contributed by atoms with Crippen molar-refractivity contribution in [1.82, 2.24) is 10.2 Å². The molecular weight excluding hydrogens is 398 g/mol. The fourth-order valence-corrected chi connectivity index (χ4v) is 3.45. The maximum Gasteiger partial charge on any atom is 0.234 e. The summed E-state index contributed by atoms with van der Waals surface area (Å²) in [7, 11) is 3.19. The van der Waals surface area contributed by atoms with Gasteiger partial charge in [-0.1, -0.05) is 37.7 Å². The lowest BCUT2D eigenvalue weighted by Gasteiger charge is -2.09. The number of carbonyl (C=O) groups excluding carboxylic acids is 1. The Morgan fingerprint density at radius 2 is 1.70 bits per heavy atom. The largest absolute Gasteiger partial charge is 0.493 e. The van der Waals surface area contributed by atoms with Gasteiger partial charge in [0.2, 0.25) is 5.91 Å². The minimum atomic E-state index is -0.0805. The van der Waals surface area contributed by atoms with Crippen molar-refractivity contribution in [3.8, 4) is 22.8 Å². The van der Waals surface area contributed by atoms with E-state index in [0.717, 1.165) is 16.9 Å². The van der Waals surface area contributed by atoms with E-state index in [9.17, 15) is 4.79 Å². The van der Waals surface area contributed by atoms with Gasteiger partial charge in [0, 0.05) is 11.3 Å². The maximum atomic E-state index is 12.2. The first-order valence-corrected chi connectivity index (χ1v) is 10.6. The molecule has 0 saturated heterocycles. The molecule has 3 aromatic rings. The van der Waals surface area contributed by atoms with Crippen molar-refractivity contribution in [1.29, 1.82) is 0 Å². The Morgan fingerprint density at radius 1 is 0.967 bits per heavy atom. The lowest BCUT2D eigenvalue weighted by atomic mass is 10.0. The number of hydrogen-bond donors (Lipinski definition) is 1. The minimum Gasteiger partial charge on any atom is -0.493 e. The zero-order valence-corrected chi connectivity index (χ0v) is 18.3. The Kier molecular flexibility index (Phi) is 7.30. The van der Waals surface area contributed by atoms with E-state index >= 15 is 0 Å². The zero-order chi connectivity index (χ0) is 21.5. The predicted octanol–water partition coefficient (Wildman–Crippen LogP) is 5.02. The third kappa shape index (κ3) is 5.51. The molecule has 0 radical (unpaired) electrons. The van der Waals surface area contributed by atoms with Crippen LogP contribution >= 0.6 is 11.8 Å². The molecule has 2 aromatic carbocycles. The molecule has 0 spiro atoms. The summed E-state index contributed by atoms with van der Waals surface area (Å²) in [5.74, 6) is 1.93. The second-order valence-corrected chi connectivity index (χ2v) is 7.94. The van der Waals surface area contributed by atoms with Crippen molar-refractivity contribution in [3.63, 3.8) is 0 Å². The highest BCUT2D eigenvalue weighted by molar-refractivity contribution is 7.99. The Bertz CT molecular complexity index is 990. The van der Waals surface area contributed by atoms with Crippen LogP contribution in [-0.4, -0.2) is 36.1 Å². The van der Waals surface area contributed by atoms with Gasteiger partial charge in [0.15, 0.2) is 11.5 Å². The molecule has 6 nitrogen and oxygen atoms in total. The highest BCUT2D eigenvalue weighted by atomic mass is 32.2. The summed E-state index contributed by atoms with van der Waals surface area (Å²) < 4.78 is 10.6. The number of ether oxygens (including phenoxy) is 2. The normalized spacial score (nSPS) is 10.7. The first kappa shape index (κ1) is 21.6. The van der Waals surface area contributed by atoms with Crippen LogP contribution in [0.3, 0.4) is 0 Å². The molecule has 0 aliphatic carbocycles. The van der Waals surface area contributed by atoms with E-state index in [4.69, 9.17) is 9.47 Å². The SMILES string of the molecule is COc1ccc(-c2ccc(SCC(=O)Nc3ccc(C(C)C)cc3)nn2)cc1OC. The second kappa shape index (κ2) is 10.1. The van der Waals surface area contributed by atoms with Gasteiger partial charge in [0.1, 0.15) is 5.03 Å². The molecule has 1 aromatic heterocycles. The molecule has 1 heterocycles. The summed E-state index contributed by atoms with van der Waals surface area (Å²) in [5.41, 5.74) is 3.63. The monoisotopic (exact) mass is 423 g/mol. The Labute approximate surface area is 181 Å². The number of nitrogens with zero attached hydrogens (tertiary/aromatic N) is 2. The molecule has 1 N–H and O–H groups in total. The Hall–Kier alpha value is -3.06. The number of thioether (sulfide) groups is 1. The van der Waals surface area contributed by atoms with Crippen LogP contribution in [0.2, 0.25) is 0 Å². The average molecular weight is 424 g/mol. The predicted molar refractivity (Wildman–Crippen MR) is 120 cm³/mol. The van der Waals surface area contributed by atoms with E-state index in [-0.39, 0.29) is 11.7 Å². The van der Waals surface area contributed by atoms with E-state index in [1.807, 2.05) is 54.6 Å². The highest BCUT2D eigenvalue weighted by Crippen LogP contribution is 2.31. The van der Waals surface area contributed by atoms with Gasteiger partial charge in [-0.3, -0.25) is 4.79 Å². The summed E-state index contributed by atoms with van der Waals surface area (Å²) in [4.78, 5) is 12.2. The van der Waals surface area contributed by atoms with Crippen molar-refractivity contribution in [2.24, 2.45) is 0 Å². The standard InChI is InChI=1S/C23H25N3O3S/c1-15(2)16-5-8-18(9-6-16)24-22(27)14-30-23-12-10-19(25-26-23)17-7-11-20(28-3)21(13-17)29-4/h5-13,15H,14H2,1-4H3,(H,24,27). The first-order valence-electron chi connectivity index (χ1n) is 9.59. The molecule has 0 atom stereocenters. The van der Waals surface area contributed by atoms with Crippen LogP contribution < -0.4 is 14.8 Å². The molecule has 0 unspecified atom stereocenters. The number of methoxy groups -OCH3 is 2. The molecule has 0 aliphatic rings. The number of amides is 1. The first-order chi connectivity index (χ1) is 14.5. The van der Waals surface area contributed by atoms with Crippen LogP contribution in [0.5, 0.6) is 11.5 Å². The van der Waals surface area contributed by atoms with E-state index in [1.54, 1.807) is 14.2 Å². The number of aromatic nitrogens is 2. The number of carbonyl (C=O) groups is 1. The lowest BCUT2D eigenvalue weighted by molar-refractivity contribution is -0.113. The van der Waals surface area contributed by atoms with Crippen molar-refractivity contribution >= 4 is 23.4 Å². The summed E-state index contributed by atoms with van der Waals surface area (Å²) in [6.45, 7) is 4.28. The number of hydrogen-bond acceptors (Lipinski definition) is 6. The van der Waals surface area contributed by atoms with Gasteiger partial charge in [-0.2, -0.15) is 0 Å². The average Bonchev–Trinajstić information content (AvgIpc) is 2.78. The molecule has 30 heavy (non-hydrogen) atoms. The lowest BCUT2D eigenvalue weighted by Crippen LogP contribution is -2.14. The van der Waals surface area contributed by atoms with Gasteiger partial charge in [-0.25, -0.2) is 0 Å². The van der Waals surface area contributed by atoms with E-state index in [2.05, 4.69) is 29.4 Å². The topological polar surface area (TPSA) is 73.3 Å². The van der Waals surface area contributed by atoms with E-state index in [0.29, 0.717) is 22.4 Å². The fraction of sp³-hybridized carbons (Fsp3) is 0.261. The molecule has 1 amide bonds. The summed E-state index contributed by atoms with van der Waals surface area (Å²) in [6.07, 6.45) is 0. The fourth-order valence-electron chi connectivity index (χ4n) is 2.83. The number of rotatable bonds is 8. The van der Waals surface area contributed by atoms with Gasteiger partial charge in [-0.05, 0) is 53.9 Å². The van der Waals surface area contributed by atoms with Crippen molar-refractivity contribution < 1.29 is 14.3 Å². The molecule has 7 heteroatoms. The minimum absolute atomic E-state index is 0.0805. The van der Waals surface area contributed by atoms with E-state index in [1.165, 1.54) is 17.3 Å². The second-order valence-electron chi connectivity index (χ2n) is 6.94. The zero-order valence-electron chi connectivity index (χ0n) is 17.5. The van der Waals surface area contributed by atoms with E-state index < -0.39 is 0 Å². The Balaban J connectivity index is 1.57. The number of benzene rings is 2. The van der Waals surface area contributed by atoms with Gasteiger partial charge in [-0.15, -0.1) is 10.2 Å². The quantitative estimate of drug-likeness (QED) is 0.513.